The second-order valence-corrected chi connectivity index (χ2v) is 2.27. The van der Waals surface area contributed by atoms with Gasteiger partial charge in [0.2, 0.25) is 0 Å². The van der Waals surface area contributed by atoms with Crippen molar-refractivity contribution in [3.05, 3.63) is 30.6 Å². The second-order valence-electron chi connectivity index (χ2n) is 2.27. The number of pyridine rings is 1. The fourth-order valence-electron chi connectivity index (χ4n) is 0.898. The van der Waals surface area contributed by atoms with Gasteiger partial charge in [0.25, 0.3) is 0 Å². The number of nitrogens with two attached hydrogens (primary N) is 1. The summed E-state index contributed by atoms with van der Waals surface area (Å²) < 4.78 is 1.55. The first-order chi connectivity index (χ1) is 5.86. The molecule has 2 N–H and O–H groups in total. The van der Waals surface area contributed by atoms with Crippen molar-refractivity contribution < 1.29 is 0 Å². The molecule has 0 amide bonds. The maximum absolute atomic E-state index is 5.49. The van der Waals surface area contributed by atoms with Crippen molar-refractivity contribution in [2.75, 3.05) is 5.73 Å². The molecule has 12 heavy (non-hydrogen) atoms. The fraction of sp³-hybridized carbons (Fsp3) is 0. The molecule has 0 saturated carbocycles. The highest BCUT2D eigenvalue weighted by molar-refractivity contribution is 5.34. The second kappa shape index (κ2) is 2.61. The SMILES string of the molecule is Nc1cccc(-n2ccnn2)n1. The third-order valence-electron chi connectivity index (χ3n) is 1.41. The third kappa shape index (κ3) is 1.12. The van der Waals surface area contributed by atoms with Gasteiger partial charge in [0.15, 0.2) is 5.82 Å². The van der Waals surface area contributed by atoms with E-state index in [4.69, 9.17) is 5.73 Å². The van der Waals surface area contributed by atoms with Crippen LogP contribution in [0.15, 0.2) is 30.6 Å². The fourth-order valence-corrected chi connectivity index (χ4v) is 0.898. The van der Waals surface area contributed by atoms with Crippen LogP contribution in [-0.4, -0.2) is 20.0 Å². The van der Waals surface area contributed by atoms with Crippen LogP contribution in [0.3, 0.4) is 0 Å². The summed E-state index contributed by atoms with van der Waals surface area (Å²) in [7, 11) is 0. The Balaban J connectivity index is 2.48. The van der Waals surface area contributed by atoms with Gasteiger partial charge in [-0.1, -0.05) is 11.3 Å². The Morgan fingerprint density at radius 1 is 1.33 bits per heavy atom. The average molecular weight is 161 g/mol. The smallest absolute Gasteiger partial charge is 0.157 e. The molecule has 2 aromatic heterocycles. The zero-order chi connectivity index (χ0) is 8.39. The maximum Gasteiger partial charge on any atom is 0.157 e. The van der Waals surface area contributed by atoms with E-state index in [0.717, 1.165) is 0 Å². The van der Waals surface area contributed by atoms with Crippen molar-refractivity contribution in [1.82, 2.24) is 20.0 Å². The largest absolute Gasteiger partial charge is 0.384 e. The summed E-state index contributed by atoms with van der Waals surface area (Å²) in [4.78, 5) is 4.05. The Morgan fingerprint density at radius 3 is 2.92 bits per heavy atom. The van der Waals surface area contributed by atoms with Crippen LogP contribution in [-0.2, 0) is 0 Å². The van der Waals surface area contributed by atoms with E-state index < -0.39 is 0 Å². The Hall–Kier alpha value is -1.91. The number of nitrogen functional groups attached to an aromatic ring is 1. The molecule has 0 aliphatic rings. The number of hydrogen-bond acceptors (Lipinski definition) is 4. The van der Waals surface area contributed by atoms with Crippen LogP contribution in [0.4, 0.5) is 5.82 Å². The van der Waals surface area contributed by atoms with Gasteiger partial charge >= 0.3 is 0 Å². The minimum absolute atomic E-state index is 0.475. The van der Waals surface area contributed by atoms with Gasteiger partial charge in [-0.15, -0.1) is 5.10 Å². The van der Waals surface area contributed by atoms with Crippen LogP contribution in [0.25, 0.3) is 5.82 Å². The Bertz CT molecular complexity index is 367. The molecule has 0 saturated heterocycles. The highest BCUT2D eigenvalue weighted by Gasteiger charge is 1.96. The molecule has 0 bridgehead atoms. The van der Waals surface area contributed by atoms with E-state index in [2.05, 4.69) is 15.3 Å². The van der Waals surface area contributed by atoms with E-state index in [-0.39, 0.29) is 0 Å². The van der Waals surface area contributed by atoms with E-state index in [9.17, 15) is 0 Å². The molecule has 0 aliphatic carbocycles. The van der Waals surface area contributed by atoms with Gasteiger partial charge in [-0.25, -0.2) is 9.67 Å². The van der Waals surface area contributed by atoms with Crippen molar-refractivity contribution in [3.63, 3.8) is 0 Å². The van der Waals surface area contributed by atoms with Crippen LogP contribution in [0.2, 0.25) is 0 Å². The summed E-state index contributed by atoms with van der Waals surface area (Å²) >= 11 is 0. The van der Waals surface area contributed by atoms with Gasteiger partial charge in [-0.05, 0) is 12.1 Å². The molecule has 2 aromatic rings. The minimum atomic E-state index is 0.475. The van der Waals surface area contributed by atoms with Crippen molar-refractivity contribution >= 4 is 5.82 Å². The molecule has 0 unspecified atom stereocenters. The standard InChI is InChI=1S/C7H7N5/c8-6-2-1-3-7(10-6)12-5-4-9-11-12/h1-5H,(H2,8,10). The van der Waals surface area contributed by atoms with Gasteiger partial charge in [0, 0.05) is 0 Å². The van der Waals surface area contributed by atoms with E-state index in [1.165, 1.54) is 0 Å². The molecule has 0 radical (unpaired) electrons. The molecule has 0 aliphatic heterocycles. The van der Waals surface area contributed by atoms with Crippen LogP contribution >= 0.6 is 0 Å². The lowest BCUT2D eigenvalue weighted by Gasteiger charge is -1.98. The summed E-state index contributed by atoms with van der Waals surface area (Å²) in [6.45, 7) is 0. The van der Waals surface area contributed by atoms with Crippen molar-refractivity contribution in [2.45, 2.75) is 0 Å². The molecule has 60 valence electrons. The Morgan fingerprint density at radius 2 is 2.25 bits per heavy atom. The Labute approximate surface area is 68.8 Å². The number of aromatic nitrogens is 4. The quantitative estimate of drug-likeness (QED) is 0.650. The first-order valence-electron chi connectivity index (χ1n) is 3.45. The Kier molecular flexibility index (Phi) is 1.48. The highest BCUT2D eigenvalue weighted by atomic mass is 15.4. The van der Waals surface area contributed by atoms with Crippen LogP contribution in [0.5, 0.6) is 0 Å². The maximum atomic E-state index is 5.49. The average Bonchev–Trinajstić information content (AvgIpc) is 2.56. The molecule has 2 heterocycles. The van der Waals surface area contributed by atoms with Gasteiger partial charge in [-0.2, -0.15) is 0 Å². The topological polar surface area (TPSA) is 69.6 Å². The number of hydrogen-bond donors (Lipinski definition) is 1. The monoisotopic (exact) mass is 161 g/mol. The van der Waals surface area contributed by atoms with Crippen molar-refractivity contribution in [2.24, 2.45) is 0 Å². The molecule has 0 fully saturated rings. The van der Waals surface area contributed by atoms with Crippen LogP contribution in [0.1, 0.15) is 0 Å². The van der Waals surface area contributed by atoms with Crippen LogP contribution < -0.4 is 5.73 Å². The molecular weight excluding hydrogens is 154 g/mol. The summed E-state index contributed by atoms with van der Waals surface area (Å²) in [5, 5.41) is 7.44. The summed E-state index contributed by atoms with van der Waals surface area (Å²) in [5.74, 6) is 1.15. The highest BCUT2D eigenvalue weighted by Crippen LogP contribution is 2.03. The zero-order valence-corrected chi connectivity index (χ0v) is 6.25. The van der Waals surface area contributed by atoms with E-state index in [0.29, 0.717) is 11.6 Å². The zero-order valence-electron chi connectivity index (χ0n) is 6.25. The molecule has 0 atom stereocenters. The van der Waals surface area contributed by atoms with Crippen molar-refractivity contribution in [1.29, 1.82) is 0 Å². The third-order valence-corrected chi connectivity index (χ3v) is 1.41. The molecule has 5 heteroatoms. The summed E-state index contributed by atoms with van der Waals surface area (Å²) in [6.07, 6.45) is 3.30. The predicted octanol–water partition coefficient (Wildman–Crippen LogP) is 0.244. The lowest BCUT2D eigenvalue weighted by Crippen LogP contribution is -2.00. The normalized spacial score (nSPS) is 10.0. The molecule has 0 aromatic carbocycles. The minimum Gasteiger partial charge on any atom is -0.384 e. The van der Waals surface area contributed by atoms with E-state index >= 15 is 0 Å². The van der Waals surface area contributed by atoms with Gasteiger partial charge in [-0.3, -0.25) is 0 Å². The summed E-state index contributed by atoms with van der Waals surface area (Å²) in [6, 6.07) is 5.35. The van der Waals surface area contributed by atoms with Gasteiger partial charge in [0.05, 0.1) is 12.4 Å². The van der Waals surface area contributed by atoms with E-state index in [1.54, 1.807) is 23.1 Å². The summed E-state index contributed by atoms with van der Waals surface area (Å²) in [5.41, 5.74) is 5.49. The number of nitrogens with zero attached hydrogens (tertiary/aromatic N) is 4. The van der Waals surface area contributed by atoms with Gasteiger partial charge in [0.1, 0.15) is 5.82 Å². The van der Waals surface area contributed by atoms with Crippen molar-refractivity contribution in [3.8, 4) is 5.82 Å². The molecular formula is C7H7N5. The lowest BCUT2D eigenvalue weighted by molar-refractivity contribution is 0.783. The molecule has 5 nitrogen and oxygen atoms in total. The number of anilines is 1. The van der Waals surface area contributed by atoms with Gasteiger partial charge < -0.3 is 5.73 Å². The molecule has 0 spiro atoms. The first-order valence-corrected chi connectivity index (χ1v) is 3.45. The number of rotatable bonds is 1. The molecule has 2 rings (SSSR count). The van der Waals surface area contributed by atoms with Crippen LogP contribution in [0, 0.1) is 0 Å². The van der Waals surface area contributed by atoms with E-state index in [1.807, 2.05) is 12.1 Å². The predicted molar refractivity (Wildman–Crippen MR) is 43.6 cm³/mol. The first kappa shape index (κ1) is 6.78. The lowest BCUT2D eigenvalue weighted by atomic mass is 10.4.